The molecule has 3 atom stereocenters. The van der Waals surface area contributed by atoms with Crippen LogP contribution in [0.5, 0.6) is 0 Å². The molecule has 8 N–H and O–H groups in total. The lowest BCUT2D eigenvalue weighted by molar-refractivity contribution is -0.133. The van der Waals surface area contributed by atoms with Crippen LogP contribution in [0.4, 0.5) is 0 Å². The molecule has 154 valence electrons. The molecule has 4 amide bonds. The molecule has 0 radical (unpaired) electrons. The Labute approximate surface area is 158 Å². The Morgan fingerprint density at radius 2 is 1.59 bits per heavy atom. The van der Waals surface area contributed by atoms with Gasteiger partial charge in [-0.05, 0) is 38.1 Å². The maximum atomic E-state index is 12.6. The number of nitrogens with one attached hydrogen (secondary N) is 3. The molecule has 0 spiro atoms. The summed E-state index contributed by atoms with van der Waals surface area (Å²) in [6, 6.07) is -2.87. The Morgan fingerprint density at radius 1 is 1.00 bits per heavy atom. The van der Waals surface area contributed by atoms with E-state index in [0.717, 1.165) is 12.8 Å². The van der Waals surface area contributed by atoms with Gasteiger partial charge in [-0.15, -0.1) is 0 Å². The SMILES string of the molecule is CC(=O)NC(CO)C(=O)NC(CCCCN)C(=O)NC(CC1CC1)C(N)=O. The van der Waals surface area contributed by atoms with Crippen LogP contribution in [0.2, 0.25) is 0 Å². The molecule has 27 heavy (non-hydrogen) atoms. The monoisotopic (exact) mass is 385 g/mol. The number of primary amides is 1. The Balaban J connectivity index is 2.74. The molecule has 0 aromatic rings. The van der Waals surface area contributed by atoms with Crippen LogP contribution in [-0.2, 0) is 19.2 Å². The van der Waals surface area contributed by atoms with Crippen molar-refractivity contribution in [2.75, 3.05) is 13.2 Å². The first-order valence-corrected chi connectivity index (χ1v) is 9.26. The van der Waals surface area contributed by atoms with E-state index in [1.165, 1.54) is 6.92 Å². The van der Waals surface area contributed by atoms with Crippen LogP contribution in [-0.4, -0.2) is 60.0 Å². The summed E-state index contributed by atoms with van der Waals surface area (Å²) in [6.07, 6.45) is 4.05. The number of carbonyl (C=O) groups excluding carboxylic acids is 4. The number of nitrogens with two attached hydrogens (primary N) is 2. The highest BCUT2D eigenvalue weighted by molar-refractivity contribution is 5.93. The minimum atomic E-state index is -1.16. The Kier molecular flexibility index (Phi) is 9.73. The second kappa shape index (κ2) is 11.5. The molecule has 0 aliphatic heterocycles. The molecule has 0 aromatic carbocycles. The van der Waals surface area contributed by atoms with Crippen molar-refractivity contribution in [1.29, 1.82) is 0 Å². The molecule has 0 heterocycles. The summed E-state index contributed by atoms with van der Waals surface area (Å²) in [4.78, 5) is 47.6. The van der Waals surface area contributed by atoms with Crippen molar-refractivity contribution in [3.63, 3.8) is 0 Å². The molecule has 1 fully saturated rings. The molecule has 0 saturated heterocycles. The summed E-state index contributed by atoms with van der Waals surface area (Å²) < 4.78 is 0. The third-order valence-electron chi connectivity index (χ3n) is 4.38. The van der Waals surface area contributed by atoms with E-state index in [-0.39, 0.29) is 0 Å². The zero-order valence-corrected chi connectivity index (χ0v) is 15.7. The van der Waals surface area contributed by atoms with Gasteiger partial charge in [0.25, 0.3) is 0 Å². The fourth-order valence-electron chi connectivity index (χ4n) is 2.68. The first-order valence-electron chi connectivity index (χ1n) is 9.26. The number of unbranched alkanes of at least 4 members (excludes halogenated alkanes) is 1. The summed E-state index contributed by atoms with van der Waals surface area (Å²) in [7, 11) is 0. The Morgan fingerprint density at radius 3 is 2.07 bits per heavy atom. The molecule has 0 aromatic heterocycles. The lowest BCUT2D eigenvalue weighted by Crippen LogP contribution is -2.57. The zero-order chi connectivity index (χ0) is 20.4. The van der Waals surface area contributed by atoms with E-state index < -0.39 is 48.4 Å². The zero-order valence-electron chi connectivity index (χ0n) is 15.7. The van der Waals surface area contributed by atoms with E-state index in [2.05, 4.69) is 16.0 Å². The highest BCUT2D eigenvalue weighted by Gasteiger charge is 2.32. The fourth-order valence-corrected chi connectivity index (χ4v) is 2.68. The van der Waals surface area contributed by atoms with Crippen LogP contribution < -0.4 is 27.4 Å². The standard InChI is InChI=1S/C17H31N5O5/c1-10(24)20-14(9-23)17(27)21-12(4-2-3-7-18)16(26)22-13(15(19)25)8-11-5-6-11/h11-14,23H,2-9,18H2,1H3,(H2,19,25)(H,20,24)(H,21,27)(H,22,26). The van der Waals surface area contributed by atoms with Crippen molar-refractivity contribution < 1.29 is 24.3 Å². The predicted molar refractivity (Wildman–Crippen MR) is 98.0 cm³/mol. The molecule has 1 aliphatic rings. The number of amides is 4. The third kappa shape index (κ3) is 8.83. The summed E-state index contributed by atoms with van der Waals surface area (Å²) in [5.74, 6) is -1.92. The summed E-state index contributed by atoms with van der Waals surface area (Å²) in [6.45, 7) is 1.06. The summed E-state index contributed by atoms with van der Waals surface area (Å²) >= 11 is 0. The van der Waals surface area contributed by atoms with Crippen molar-refractivity contribution in [1.82, 2.24) is 16.0 Å². The topological polar surface area (TPSA) is 177 Å². The fraction of sp³-hybridized carbons (Fsp3) is 0.765. The van der Waals surface area contributed by atoms with Crippen LogP contribution in [0.15, 0.2) is 0 Å². The van der Waals surface area contributed by atoms with E-state index in [4.69, 9.17) is 11.5 Å². The number of hydrogen-bond acceptors (Lipinski definition) is 6. The average molecular weight is 385 g/mol. The lowest BCUT2D eigenvalue weighted by atomic mass is 10.1. The van der Waals surface area contributed by atoms with Crippen LogP contribution >= 0.6 is 0 Å². The number of aliphatic hydroxyl groups is 1. The minimum Gasteiger partial charge on any atom is -0.394 e. The quantitative estimate of drug-likeness (QED) is 0.197. The van der Waals surface area contributed by atoms with E-state index >= 15 is 0 Å². The maximum Gasteiger partial charge on any atom is 0.245 e. The van der Waals surface area contributed by atoms with Crippen molar-refractivity contribution in [3.05, 3.63) is 0 Å². The molecular weight excluding hydrogens is 354 g/mol. The molecule has 1 saturated carbocycles. The first kappa shape index (κ1) is 22.8. The molecule has 0 bridgehead atoms. The summed E-state index contributed by atoms with van der Waals surface area (Å²) in [5.41, 5.74) is 10.8. The van der Waals surface area contributed by atoms with Gasteiger partial charge in [0.15, 0.2) is 0 Å². The molecule has 1 aliphatic carbocycles. The summed E-state index contributed by atoms with van der Waals surface area (Å²) in [5, 5.41) is 16.7. The van der Waals surface area contributed by atoms with Crippen LogP contribution in [0.25, 0.3) is 0 Å². The second-order valence-electron chi connectivity index (χ2n) is 6.92. The number of rotatable bonds is 13. The molecular formula is C17H31N5O5. The van der Waals surface area contributed by atoms with E-state index in [1.807, 2.05) is 0 Å². The first-order chi connectivity index (χ1) is 12.8. The number of carbonyl (C=O) groups is 4. The van der Waals surface area contributed by atoms with Gasteiger partial charge in [-0.25, -0.2) is 0 Å². The van der Waals surface area contributed by atoms with Crippen molar-refractivity contribution in [2.45, 2.75) is 63.6 Å². The van der Waals surface area contributed by atoms with Gasteiger partial charge in [-0.2, -0.15) is 0 Å². The normalized spacial score (nSPS) is 16.7. The lowest BCUT2D eigenvalue weighted by Gasteiger charge is -2.24. The third-order valence-corrected chi connectivity index (χ3v) is 4.38. The van der Waals surface area contributed by atoms with Gasteiger partial charge in [0.1, 0.15) is 18.1 Å². The van der Waals surface area contributed by atoms with Gasteiger partial charge in [0, 0.05) is 6.92 Å². The van der Waals surface area contributed by atoms with Crippen molar-refractivity contribution >= 4 is 23.6 Å². The average Bonchev–Trinajstić information content (AvgIpc) is 3.41. The van der Waals surface area contributed by atoms with E-state index in [1.54, 1.807) is 0 Å². The van der Waals surface area contributed by atoms with Crippen molar-refractivity contribution in [2.24, 2.45) is 17.4 Å². The van der Waals surface area contributed by atoms with Crippen LogP contribution in [0, 0.1) is 5.92 Å². The molecule has 10 heteroatoms. The van der Waals surface area contributed by atoms with Crippen molar-refractivity contribution in [3.8, 4) is 0 Å². The molecule has 3 unspecified atom stereocenters. The molecule has 1 rings (SSSR count). The van der Waals surface area contributed by atoms with Gasteiger partial charge in [-0.3, -0.25) is 19.2 Å². The van der Waals surface area contributed by atoms with Gasteiger partial charge in [0.05, 0.1) is 6.61 Å². The Bertz CT molecular complexity index is 538. The van der Waals surface area contributed by atoms with Gasteiger partial charge in [-0.1, -0.05) is 12.8 Å². The van der Waals surface area contributed by atoms with Gasteiger partial charge in [0.2, 0.25) is 23.6 Å². The minimum absolute atomic E-state index is 0.307. The number of hydrogen-bond donors (Lipinski definition) is 6. The van der Waals surface area contributed by atoms with E-state index in [9.17, 15) is 24.3 Å². The Hall–Kier alpha value is -2.20. The van der Waals surface area contributed by atoms with E-state index in [0.29, 0.717) is 38.1 Å². The van der Waals surface area contributed by atoms with Gasteiger partial charge >= 0.3 is 0 Å². The smallest absolute Gasteiger partial charge is 0.245 e. The largest absolute Gasteiger partial charge is 0.394 e. The highest BCUT2D eigenvalue weighted by atomic mass is 16.3. The van der Waals surface area contributed by atoms with Gasteiger partial charge < -0.3 is 32.5 Å². The predicted octanol–water partition coefficient (Wildman–Crippen LogP) is -2.13. The van der Waals surface area contributed by atoms with Crippen LogP contribution in [0.1, 0.15) is 45.4 Å². The number of aliphatic hydroxyl groups excluding tert-OH is 1. The van der Waals surface area contributed by atoms with Crippen LogP contribution in [0.3, 0.4) is 0 Å². The maximum absolute atomic E-state index is 12.6. The molecule has 10 nitrogen and oxygen atoms in total. The highest BCUT2D eigenvalue weighted by Crippen LogP contribution is 2.33. The second-order valence-corrected chi connectivity index (χ2v) is 6.92.